The monoisotopic (exact) mass is 376 g/mol. The Morgan fingerprint density at radius 1 is 1.04 bits per heavy atom. The Hall–Kier alpha value is -2.66. The van der Waals surface area contributed by atoms with E-state index < -0.39 is 42.7 Å². The van der Waals surface area contributed by atoms with Crippen LogP contribution in [0.4, 0.5) is 0 Å². The molecule has 0 amide bonds. The van der Waals surface area contributed by atoms with E-state index in [1.165, 1.54) is 0 Å². The van der Waals surface area contributed by atoms with Gasteiger partial charge < -0.3 is 20.4 Å². The van der Waals surface area contributed by atoms with E-state index in [0.717, 1.165) is 11.1 Å². The SMILES string of the molecule is Cc1cc2nc3[nH]c(=O)n(C[C@H](O)[C@H](O)[C@H](O)CO)c(=O)c3nc2cc1C. The number of hydrogen-bond donors (Lipinski definition) is 5. The van der Waals surface area contributed by atoms with E-state index >= 15 is 0 Å². The Labute approximate surface area is 152 Å². The molecule has 0 saturated heterocycles. The molecule has 0 unspecified atom stereocenters. The molecule has 0 saturated carbocycles. The van der Waals surface area contributed by atoms with Gasteiger partial charge in [0.25, 0.3) is 5.56 Å². The Morgan fingerprint density at radius 2 is 1.63 bits per heavy atom. The van der Waals surface area contributed by atoms with Crippen molar-refractivity contribution in [3.8, 4) is 0 Å². The predicted molar refractivity (Wildman–Crippen MR) is 96.5 cm³/mol. The highest BCUT2D eigenvalue weighted by atomic mass is 16.4. The van der Waals surface area contributed by atoms with Gasteiger partial charge in [0.1, 0.15) is 18.3 Å². The molecule has 10 heteroatoms. The maximum atomic E-state index is 12.7. The summed E-state index contributed by atoms with van der Waals surface area (Å²) in [6.07, 6.45) is -4.99. The lowest BCUT2D eigenvalue weighted by Gasteiger charge is -2.21. The lowest BCUT2D eigenvalue weighted by atomic mass is 10.1. The van der Waals surface area contributed by atoms with Crippen LogP contribution in [-0.2, 0) is 6.54 Å². The van der Waals surface area contributed by atoms with Gasteiger partial charge in [-0.05, 0) is 37.1 Å². The first-order chi connectivity index (χ1) is 12.7. The summed E-state index contributed by atoms with van der Waals surface area (Å²) in [5, 5.41) is 37.9. The molecule has 0 fully saturated rings. The molecular weight excluding hydrogens is 356 g/mol. The maximum absolute atomic E-state index is 12.7. The Morgan fingerprint density at radius 3 is 2.22 bits per heavy atom. The minimum absolute atomic E-state index is 0.0161. The number of nitrogens with one attached hydrogen (secondary N) is 1. The van der Waals surface area contributed by atoms with Crippen molar-refractivity contribution in [3.05, 3.63) is 44.1 Å². The number of fused-ring (bicyclic) bond motifs is 2. The van der Waals surface area contributed by atoms with Crippen LogP contribution in [-0.4, -0.2) is 64.9 Å². The van der Waals surface area contributed by atoms with Gasteiger partial charge in [-0.3, -0.25) is 14.3 Å². The van der Waals surface area contributed by atoms with Crippen LogP contribution < -0.4 is 11.2 Å². The standard InChI is InChI=1S/C17H20N4O6/c1-7-3-9-10(4-8(7)2)19-15-13(18-9)16(26)21(17(27)20-15)5-11(23)14(25)12(24)6-22/h3-4,11-12,14,22-25H,5-6H2,1-2H3,(H,19,20,27)/t11-,12+,14-/m0/s1. The fourth-order valence-corrected chi connectivity index (χ4v) is 2.76. The van der Waals surface area contributed by atoms with Gasteiger partial charge in [-0.25, -0.2) is 14.8 Å². The van der Waals surface area contributed by atoms with Gasteiger partial charge in [0, 0.05) is 0 Å². The second-order valence-corrected chi connectivity index (χ2v) is 6.50. The highest BCUT2D eigenvalue weighted by Gasteiger charge is 2.26. The summed E-state index contributed by atoms with van der Waals surface area (Å²) >= 11 is 0. The summed E-state index contributed by atoms with van der Waals surface area (Å²) in [4.78, 5) is 35.9. The van der Waals surface area contributed by atoms with Gasteiger partial charge in [0.05, 0.1) is 24.2 Å². The molecule has 0 bridgehead atoms. The molecule has 1 aromatic carbocycles. The second kappa shape index (κ2) is 7.16. The predicted octanol–water partition coefficient (Wildman–Crippen LogP) is -1.68. The van der Waals surface area contributed by atoms with Gasteiger partial charge in [-0.15, -0.1) is 0 Å². The molecule has 10 nitrogen and oxygen atoms in total. The minimum Gasteiger partial charge on any atom is -0.394 e. The Bertz CT molecular complexity index is 1120. The molecule has 27 heavy (non-hydrogen) atoms. The number of aliphatic hydroxyl groups is 4. The summed E-state index contributed by atoms with van der Waals surface area (Å²) in [6.45, 7) is 2.44. The Balaban J connectivity index is 2.12. The van der Waals surface area contributed by atoms with E-state index in [0.29, 0.717) is 15.6 Å². The number of aliphatic hydroxyl groups excluding tert-OH is 4. The van der Waals surface area contributed by atoms with Crippen LogP contribution in [0.2, 0.25) is 0 Å². The molecule has 0 aliphatic rings. The molecule has 3 aromatic rings. The molecule has 5 N–H and O–H groups in total. The van der Waals surface area contributed by atoms with Gasteiger partial charge in [0.15, 0.2) is 11.2 Å². The largest absolute Gasteiger partial charge is 0.394 e. The van der Waals surface area contributed by atoms with E-state index in [2.05, 4.69) is 15.0 Å². The molecule has 3 rings (SSSR count). The lowest BCUT2D eigenvalue weighted by Crippen LogP contribution is -2.46. The number of benzene rings is 1. The van der Waals surface area contributed by atoms with Crippen molar-refractivity contribution in [2.24, 2.45) is 0 Å². The topological polar surface area (TPSA) is 162 Å². The molecule has 0 aliphatic heterocycles. The average Bonchev–Trinajstić information content (AvgIpc) is 2.63. The van der Waals surface area contributed by atoms with E-state index in [1.807, 2.05) is 13.8 Å². The number of aromatic amines is 1. The smallest absolute Gasteiger partial charge is 0.330 e. The summed E-state index contributed by atoms with van der Waals surface area (Å²) in [6, 6.07) is 3.58. The third kappa shape index (κ3) is 3.47. The van der Waals surface area contributed by atoms with Crippen molar-refractivity contribution in [3.63, 3.8) is 0 Å². The van der Waals surface area contributed by atoms with Crippen molar-refractivity contribution >= 4 is 22.2 Å². The maximum Gasteiger partial charge on any atom is 0.330 e. The zero-order valence-corrected chi connectivity index (χ0v) is 14.7. The van der Waals surface area contributed by atoms with Gasteiger partial charge >= 0.3 is 5.69 Å². The molecule has 3 atom stereocenters. The first-order valence-corrected chi connectivity index (χ1v) is 8.29. The zero-order chi connectivity index (χ0) is 19.9. The van der Waals surface area contributed by atoms with Crippen LogP contribution in [0, 0.1) is 13.8 Å². The first-order valence-electron chi connectivity index (χ1n) is 8.29. The number of H-pyrrole nitrogens is 1. The van der Waals surface area contributed by atoms with Gasteiger partial charge in [-0.2, -0.15) is 0 Å². The van der Waals surface area contributed by atoms with Crippen molar-refractivity contribution in [2.45, 2.75) is 38.7 Å². The fraction of sp³-hybridized carbons (Fsp3) is 0.412. The van der Waals surface area contributed by atoms with Crippen molar-refractivity contribution < 1.29 is 20.4 Å². The zero-order valence-electron chi connectivity index (χ0n) is 14.7. The molecule has 0 radical (unpaired) electrons. The van der Waals surface area contributed by atoms with E-state index in [-0.39, 0.29) is 11.2 Å². The van der Waals surface area contributed by atoms with Crippen LogP contribution in [0.5, 0.6) is 0 Å². The third-order valence-corrected chi connectivity index (χ3v) is 4.54. The summed E-state index contributed by atoms with van der Waals surface area (Å²) in [7, 11) is 0. The van der Waals surface area contributed by atoms with Gasteiger partial charge in [-0.1, -0.05) is 0 Å². The number of hydrogen-bond acceptors (Lipinski definition) is 8. The molecule has 144 valence electrons. The van der Waals surface area contributed by atoms with Crippen LogP contribution in [0.15, 0.2) is 21.7 Å². The molecule has 0 spiro atoms. The number of aryl methyl sites for hydroxylation is 2. The third-order valence-electron chi connectivity index (χ3n) is 4.54. The van der Waals surface area contributed by atoms with E-state index in [1.54, 1.807) is 12.1 Å². The van der Waals surface area contributed by atoms with Crippen LogP contribution >= 0.6 is 0 Å². The quantitative estimate of drug-likeness (QED) is 0.330. The second-order valence-electron chi connectivity index (χ2n) is 6.50. The fourth-order valence-electron chi connectivity index (χ4n) is 2.76. The molecule has 0 aliphatic carbocycles. The van der Waals surface area contributed by atoms with Crippen LogP contribution in [0.25, 0.3) is 22.2 Å². The first kappa shape index (κ1) is 19.1. The number of aromatic nitrogens is 4. The molecular formula is C17H20N4O6. The lowest BCUT2D eigenvalue weighted by molar-refractivity contribution is -0.0811. The highest BCUT2D eigenvalue weighted by molar-refractivity contribution is 5.84. The Kier molecular flexibility index (Phi) is 5.07. The summed E-state index contributed by atoms with van der Waals surface area (Å²) in [5.74, 6) is 0. The van der Waals surface area contributed by atoms with Crippen molar-refractivity contribution in [2.75, 3.05) is 6.61 Å². The number of rotatable bonds is 5. The normalized spacial score (nSPS) is 15.2. The van der Waals surface area contributed by atoms with Crippen molar-refractivity contribution in [1.29, 1.82) is 0 Å². The highest BCUT2D eigenvalue weighted by Crippen LogP contribution is 2.17. The molecule has 2 aromatic heterocycles. The minimum atomic E-state index is -1.73. The molecule has 2 heterocycles. The average molecular weight is 376 g/mol. The van der Waals surface area contributed by atoms with Gasteiger partial charge in [0.2, 0.25) is 0 Å². The van der Waals surface area contributed by atoms with Crippen molar-refractivity contribution in [1.82, 2.24) is 19.5 Å². The van der Waals surface area contributed by atoms with Crippen LogP contribution in [0.3, 0.4) is 0 Å². The van der Waals surface area contributed by atoms with Crippen LogP contribution in [0.1, 0.15) is 11.1 Å². The summed E-state index contributed by atoms with van der Waals surface area (Å²) in [5.41, 5.74) is 1.28. The van der Waals surface area contributed by atoms with E-state index in [9.17, 15) is 24.9 Å². The summed E-state index contributed by atoms with van der Waals surface area (Å²) < 4.78 is 0.669. The number of nitrogens with zero attached hydrogens (tertiary/aromatic N) is 3. The van der Waals surface area contributed by atoms with E-state index in [4.69, 9.17) is 5.11 Å².